The summed E-state index contributed by atoms with van der Waals surface area (Å²) in [4.78, 5) is 20.7. The molecule has 0 aliphatic carbocycles. The summed E-state index contributed by atoms with van der Waals surface area (Å²) in [5.74, 6) is 1.44. The number of carbonyl (C=O) groups is 1. The van der Waals surface area contributed by atoms with Crippen molar-refractivity contribution in [2.75, 3.05) is 33.2 Å². The Balaban J connectivity index is 2.34. The molecule has 8 nitrogen and oxygen atoms in total. The van der Waals surface area contributed by atoms with Crippen LogP contribution in [0.15, 0.2) is 30.9 Å². The van der Waals surface area contributed by atoms with Crippen molar-refractivity contribution in [2.24, 2.45) is 0 Å². The van der Waals surface area contributed by atoms with Gasteiger partial charge in [0.2, 0.25) is 11.7 Å². The summed E-state index contributed by atoms with van der Waals surface area (Å²) in [6.07, 6.45) is 1.60. The van der Waals surface area contributed by atoms with Crippen LogP contribution in [-0.2, 0) is 0 Å². The summed E-state index contributed by atoms with van der Waals surface area (Å²) in [5.41, 5.74) is 1.54. The van der Waals surface area contributed by atoms with Crippen LogP contribution < -0.4 is 24.8 Å². The van der Waals surface area contributed by atoms with E-state index >= 15 is 0 Å². The van der Waals surface area contributed by atoms with Crippen LogP contribution in [0.1, 0.15) is 16.2 Å². The second-order valence-electron chi connectivity index (χ2n) is 5.26. The quantitative estimate of drug-likeness (QED) is 0.700. The summed E-state index contributed by atoms with van der Waals surface area (Å²) in [6.45, 7) is 5.71. The maximum Gasteiger partial charge on any atom is 0.270 e. The van der Waals surface area contributed by atoms with Gasteiger partial charge in [0.05, 0.1) is 21.3 Å². The smallest absolute Gasteiger partial charge is 0.270 e. The Morgan fingerprint density at radius 1 is 1.12 bits per heavy atom. The Morgan fingerprint density at radius 2 is 1.77 bits per heavy atom. The van der Waals surface area contributed by atoms with Crippen molar-refractivity contribution in [2.45, 2.75) is 6.92 Å². The number of benzene rings is 1. The van der Waals surface area contributed by atoms with E-state index in [1.807, 2.05) is 0 Å². The lowest BCUT2D eigenvalue weighted by Gasteiger charge is -2.15. The number of carbonyl (C=O) groups excluding carboxylic acids is 1. The number of anilines is 2. The van der Waals surface area contributed by atoms with Crippen molar-refractivity contribution in [1.82, 2.24) is 15.3 Å². The highest BCUT2D eigenvalue weighted by Gasteiger charge is 2.15. The molecule has 0 saturated carbocycles. The molecule has 0 atom stereocenters. The molecular weight excluding hydrogens is 336 g/mol. The van der Waals surface area contributed by atoms with Gasteiger partial charge in [0.25, 0.3) is 5.91 Å². The largest absolute Gasteiger partial charge is 0.493 e. The molecule has 0 aliphatic rings. The van der Waals surface area contributed by atoms with Crippen molar-refractivity contribution in [3.05, 3.63) is 42.2 Å². The maximum atomic E-state index is 12.1. The van der Waals surface area contributed by atoms with Gasteiger partial charge < -0.3 is 24.8 Å². The number of ether oxygens (including phenoxy) is 3. The van der Waals surface area contributed by atoms with E-state index in [0.717, 1.165) is 0 Å². The van der Waals surface area contributed by atoms with E-state index in [2.05, 4.69) is 27.2 Å². The zero-order valence-electron chi connectivity index (χ0n) is 15.3. The van der Waals surface area contributed by atoms with E-state index < -0.39 is 0 Å². The first-order valence-electron chi connectivity index (χ1n) is 7.84. The third-order valence-electron chi connectivity index (χ3n) is 3.41. The number of aryl methyl sites for hydroxylation is 1. The average molecular weight is 358 g/mol. The number of amides is 1. The number of hydrogen-bond donors (Lipinski definition) is 2. The summed E-state index contributed by atoms with van der Waals surface area (Å²) in [5, 5.41) is 5.75. The summed E-state index contributed by atoms with van der Waals surface area (Å²) in [6, 6.07) is 5.06. The van der Waals surface area contributed by atoms with Crippen LogP contribution in [0.5, 0.6) is 17.2 Å². The number of aromatic nitrogens is 2. The second-order valence-corrected chi connectivity index (χ2v) is 5.26. The van der Waals surface area contributed by atoms with Crippen LogP contribution in [0.4, 0.5) is 11.6 Å². The van der Waals surface area contributed by atoms with E-state index in [-0.39, 0.29) is 17.5 Å². The molecule has 8 heteroatoms. The molecule has 2 N–H and O–H groups in total. The fourth-order valence-corrected chi connectivity index (χ4v) is 2.28. The van der Waals surface area contributed by atoms with Gasteiger partial charge >= 0.3 is 0 Å². The van der Waals surface area contributed by atoms with Crippen molar-refractivity contribution in [3.63, 3.8) is 0 Å². The second kappa shape index (κ2) is 8.70. The van der Waals surface area contributed by atoms with Gasteiger partial charge in [0.1, 0.15) is 5.69 Å². The maximum absolute atomic E-state index is 12.1. The average Bonchev–Trinajstić information content (AvgIpc) is 2.64. The van der Waals surface area contributed by atoms with Gasteiger partial charge in [-0.1, -0.05) is 6.08 Å². The summed E-state index contributed by atoms with van der Waals surface area (Å²) >= 11 is 0. The first-order chi connectivity index (χ1) is 12.5. The van der Waals surface area contributed by atoms with E-state index in [9.17, 15) is 4.79 Å². The molecule has 0 fully saturated rings. The molecule has 0 unspecified atom stereocenters. The lowest BCUT2D eigenvalue weighted by Crippen LogP contribution is -2.24. The van der Waals surface area contributed by atoms with Crippen LogP contribution in [0.2, 0.25) is 0 Å². The monoisotopic (exact) mass is 358 g/mol. The Hall–Kier alpha value is -3.29. The molecule has 1 amide bonds. The van der Waals surface area contributed by atoms with Crippen molar-refractivity contribution < 1.29 is 19.0 Å². The highest BCUT2D eigenvalue weighted by atomic mass is 16.5. The molecule has 1 aromatic carbocycles. The first-order valence-corrected chi connectivity index (χ1v) is 7.84. The van der Waals surface area contributed by atoms with Crippen LogP contribution in [0.25, 0.3) is 0 Å². The van der Waals surface area contributed by atoms with Crippen LogP contribution in [0.3, 0.4) is 0 Å². The topological polar surface area (TPSA) is 94.6 Å². The molecule has 1 heterocycles. The SMILES string of the molecule is C=CCNC(=O)c1cc(C)nc(Nc2cc(OC)c(OC)c(OC)c2)n1. The molecule has 1 aromatic heterocycles. The minimum atomic E-state index is -0.302. The van der Waals surface area contributed by atoms with Crippen LogP contribution >= 0.6 is 0 Å². The third-order valence-corrected chi connectivity index (χ3v) is 3.41. The van der Waals surface area contributed by atoms with Gasteiger partial charge in [0, 0.05) is 30.1 Å². The predicted octanol–water partition coefficient (Wildman–Crippen LogP) is 2.47. The zero-order chi connectivity index (χ0) is 19.1. The van der Waals surface area contributed by atoms with Gasteiger partial charge in [-0.3, -0.25) is 4.79 Å². The highest BCUT2D eigenvalue weighted by molar-refractivity contribution is 5.92. The Labute approximate surface area is 152 Å². The van der Waals surface area contributed by atoms with Crippen molar-refractivity contribution in [3.8, 4) is 17.2 Å². The van der Waals surface area contributed by atoms with Crippen LogP contribution in [0, 0.1) is 6.92 Å². The van der Waals surface area contributed by atoms with Crippen molar-refractivity contribution in [1.29, 1.82) is 0 Å². The van der Waals surface area contributed by atoms with E-state index in [1.165, 1.54) is 21.3 Å². The Kier molecular flexibility index (Phi) is 6.37. The van der Waals surface area contributed by atoms with Gasteiger partial charge in [-0.2, -0.15) is 0 Å². The van der Waals surface area contributed by atoms with Gasteiger partial charge in [-0.15, -0.1) is 6.58 Å². The number of methoxy groups -OCH3 is 3. The van der Waals surface area contributed by atoms with E-state index in [1.54, 1.807) is 31.2 Å². The fraction of sp³-hybridized carbons (Fsp3) is 0.278. The molecule has 2 rings (SSSR count). The van der Waals surface area contributed by atoms with Crippen LogP contribution in [-0.4, -0.2) is 43.7 Å². The standard InChI is InChI=1S/C18H22N4O4/c1-6-7-19-17(23)13-8-11(2)20-18(22-13)21-12-9-14(24-3)16(26-5)15(10-12)25-4/h6,8-10H,1,7H2,2-5H3,(H,19,23)(H,20,21,22). The van der Waals surface area contributed by atoms with E-state index in [0.29, 0.717) is 35.2 Å². The summed E-state index contributed by atoms with van der Waals surface area (Å²) in [7, 11) is 4.60. The Bertz CT molecular complexity index is 783. The fourth-order valence-electron chi connectivity index (χ4n) is 2.28. The Morgan fingerprint density at radius 3 is 2.31 bits per heavy atom. The molecule has 138 valence electrons. The molecule has 0 saturated heterocycles. The normalized spacial score (nSPS) is 10.0. The van der Waals surface area contributed by atoms with Gasteiger partial charge in [0.15, 0.2) is 11.5 Å². The molecule has 26 heavy (non-hydrogen) atoms. The van der Waals surface area contributed by atoms with Gasteiger partial charge in [-0.25, -0.2) is 9.97 Å². The lowest BCUT2D eigenvalue weighted by atomic mass is 10.2. The highest BCUT2D eigenvalue weighted by Crippen LogP contribution is 2.40. The lowest BCUT2D eigenvalue weighted by molar-refractivity contribution is 0.0953. The molecule has 0 aliphatic heterocycles. The van der Waals surface area contributed by atoms with Gasteiger partial charge in [-0.05, 0) is 13.0 Å². The molecule has 0 bridgehead atoms. The zero-order valence-corrected chi connectivity index (χ0v) is 15.3. The minimum Gasteiger partial charge on any atom is -0.493 e. The summed E-state index contributed by atoms with van der Waals surface area (Å²) < 4.78 is 16.0. The molecule has 0 radical (unpaired) electrons. The molecule has 0 spiro atoms. The molecular formula is C18H22N4O4. The number of rotatable bonds is 8. The van der Waals surface area contributed by atoms with E-state index in [4.69, 9.17) is 14.2 Å². The number of nitrogens with one attached hydrogen (secondary N) is 2. The third kappa shape index (κ3) is 4.41. The number of hydrogen-bond acceptors (Lipinski definition) is 7. The predicted molar refractivity (Wildman–Crippen MR) is 98.7 cm³/mol. The molecule has 2 aromatic rings. The number of nitrogens with zero attached hydrogens (tertiary/aromatic N) is 2. The first kappa shape index (κ1) is 19.0. The van der Waals surface area contributed by atoms with Crippen molar-refractivity contribution >= 4 is 17.5 Å². The minimum absolute atomic E-state index is 0.259.